The van der Waals surface area contributed by atoms with Crippen molar-refractivity contribution in [3.63, 3.8) is 0 Å². The van der Waals surface area contributed by atoms with Gasteiger partial charge in [-0.2, -0.15) is 0 Å². The number of rotatable bonds is 5. The summed E-state index contributed by atoms with van der Waals surface area (Å²) in [6.45, 7) is 4.24. The van der Waals surface area contributed by atoms with Gasteiger partial charge in [0.25, 0.3) is 0 Å². The minimum Gasteiger partial charge on any atom is -0.480 e. The van der Waals surface area contributed by atoms with E-state index < -0.39 is 23.9 Å². The lowest BCUT2D eigenvalue weighted by Gasteiger charge is -2.37. The zero-order valence-electron chi connectivity index (χ0n) is 12.0. The van der Waals surface area contributed by atoms with Crippen molar-refractivity contribution in [2.24, 2.45) is 11.7 Å². The number of carbonyl (C=O) groups excluding carboxylic acids is 2. The van der Waals surface area contributed by atoms with Gasteiger partial charge in [-0.3, -0.25) is 9.59 Å². The second-order valence-electron chi connectivity index (χ2n) is 5.56. The Labute approximate surface area is 118 Å². The molecule has 0 aromatic rings. The Bertz CT molecular complexity index is 384. The molecular weight excluding hydrogens is 262 g/mol. The van der Waals surface area contributed by atoms with Crippen LogP contribution in [-0.4, -0.2) is 58.5 Å². The fourth-order valence-corrected chi connectivity index (χ4v) is 2.45. The predicted octanol–water partition coefficient (Wildman–Crippen LogP) is 0.489. The number of nitrogens with zero attached hydrogens (tertiary/aromatic N) is 2. The van der Waals surface area contributed by atoms with E-state index in [1.165, 1.54) is 9.80 Å². The first-order valence-electron chi connectivity index (χ1n) is 6.89. The van der Waals surface area contributed by atoms with Crippen molar-refractivity contribution in [1.82, 2.24) is 9.80 Å². The third-order valence-corrected chi connectivity index (χ3v) is 3.26. The lowest BCUT2D eigenvalue weighted by Crippen LogP contribution is -2.56. The molecule has 0 spiro atoms. The number of carboxylic acids is 1. The molecular formula is C13H23N3O4. The molecule has 1 heterocycles. The summed E-state index contributed by atoms with van der Waals surface area (Å²) in [6, 6.07) is -1.04. The number of hydrogen-bond donors (Lipinski definition) is 2. The molecule has 20 heavy (non-hydrogen) atoms. The Morgan fingerprint density at radius 3 is 2.50 bits per heavy atom. The van der Waals surface area contributed by atoms with Crippen LogP contribution in [0.2, 0.25) is 0 Å². The first-order valence-corrected chi connectivity index (χ1v) is 6.89. The maximum atomic E-state index is 12.5. The van der Waals surface area contributed by atoms with Crippen LogP contribution in [0.15, 0.2) is 0 Å². The van der Waals surface area contributed by atoms with E-state index in [2.05, 4.69) is 0 Å². The van der Waals surface area contributed by atoms with Gasteiger partial charge in [0.15, 0.2) is 0 Å². The molecule has 3 amide bonds. The van der Waals surface area contributed by atoms with Gasteiger partial charge in [0.05, 0.1) is 0 Å². The zero-order valence-corrected chi connectivity index (χ0v) is 12.0. The Morgan fingerprint density at radius 1 is 1.35 bits per heavy atom. The molecule has 0 aromatic heterocycles. The van der Waals surface area contributed by atoms with Crippen LogP contribution in [-0.2, 0) is 9.59 Å². The van der Waals surface area contributed by atoms with Crippen LogP contribution in [0.3, 0.4) is 0 Å². The van der Waals surface area contributed by atoms with Gasteiger partial charge in [-0.05, 0) is 25.2 Å². The summed E-state index contributed by atoms with van der Waals surface area (Å²) in [4.78, 5) is 37.5. The molecule has 114 valence electrons. The van der Waals surface area contributed by atoms with E-state index in [0.717, 1.165) is 12.8 Å². The Balaban J connectivity index is 2.84. The van der Waals surface area contributed by atoms with Gasteiger partial charge in [-0.25, -0.2) is 4.79 Å². The van der Waals surface area contributed by atoms with E-state index in [-0.39, 0.29) is 12.5 Å². The molecule has 0 bridgehead atoms. The molecule has 1 atom stereocenters. The monoisotopic (exact) mass is 285 g/mol. The molecule has 1 aliphatic heterocycles. The summed E-state index contributed by atoms with van der Waals surface area (Å²) in [5.41, 5.74) is 5.33. The normalized spacial score (nSPS) is 18.9. The lowest BCUT2D eigenvalue weighted by atomic mass is 10.0. The number of likely N-dealkylation sites (tertiary alicyclic amines) is 1. The van der Waals surface area contributed by atoms with Crippen LogP contribution in [0.4, 0.5) is 4.79 Å². The molecule has 1 unspecified atom stereocenters. The number of primary amides is 1. The number of piperidine rings is 1. The van der Waals surface area contributed by atoms with E-state index in [1.807, 2.05) is 13.8 Å². The molecule has 3 N–H and O–H groups in total. The van der Waals surface area contributed by atoms with E-state index in [9.17, 15) is 14.4 Å². The molecule has 0 aliphatic carbocycles. The predicted molar refractivity (Wildman–Crippen MR) is 73.0 cm³/mol. The van der Waals surface area contributed by atoms with Crippen molar-refractivity contribution in [1.29, 1.82) is 0 Å². The van der Waals surface area contributed by atoms with Crippen LogP contribution in [0.25, 0.3) is 0 Å². The highest BCUT2D eigenvalue weighted by atomic mass is 16.4. The first-order chi connectivity index (χ1) is 9.32. The zero-order chi connectivity index (χ0) is 15.3. The molecule has 1 aliphatic rings. The summed E-state index contributed by atoms with van der Waals surface area (Å²) in [6.07, 6.45) is 2.20. The van der Waals surface area contributed by atoms with Crippen molar-refractivity contribution in [2.45, 2.75) is 39.2 Å². The molecule has 0 radical (unpaired) electrons. The Kier molecular flexibility index (Phi) is 5.79. The van der Waals surface area contributed by atoms with Crippen molar-refractivity contribution in [2.75, 3.05) is 19.6 Å². The number of carbonyl (C=O) groups is 3. The second-order valence-corrected chi connectivity index (χ2v) is 5.56. The van der Waals surface area contributed by atoms with Gasteiger partial charge in [0.1, 0.15) is 12.6 Å². The molecule has 7 nitrogen and oxygen atoms in total. The highest BCUT2D eigenvalue weighted by Gasteiger charge is 2.33. The van der Waals surface area contributed by atoms with Crippen LogP contribution < -0.4 is 5.73 Å². The molecule has 1 fully saturated rings. The van der Waals surface area contributed by atoms with E-state index in [4.69, 9.17) is 10.8 Å². The molecule has 1 rings (SSSR count). The van der Waals surface area contributed by atoms with E-state index >= 15 is 0 Å². The minimum absolute atomic E-state index is 0.148. The van der Waals surface area contributed by atoms with Crippen LogP contribution in [0.5, 0.6) is 0 Å². The van der Waals surface area contributed by atoms with Gasteiger partial charge in [0, 0.05) is 13.1 Å². The maximum Gasteiger partial charge on any atom is 0.323 e. The third-order valence-electron chi connectivity index (χ3n) is 3.26. The fourth-order valence-electron chi connectivity index (χ4n) is 2.45. The van der Waals surface area contributed by atoms with Gasteiger partial charge >= 0.3 is 12.0 Å². The molecule has 0 aromatic carbocycles. The quantitative estimate of drug-likeness (QED) is 0.767. The summed E-state index contributed by atoms with van der Waals surface area (Å²) in [7, 11) is 0. The van der Waals surface area contributed by atoms with Gasteiger partial charge in [-0.1, -0.05) is 13.8 Å². The summed E-state index contributed by atoms with van der Waals surface area (Å²) < 4.78 is 0. The fraction of sp³-hybridized carbons (Fsp3) is 0.769. The van der Waals surface area contributed by atoms with E-state index in [1.54, 1.807) is 0 Å². The van der Waals surface area contributed by atoms with Crippen LogP contribution >= 0.6 is 0 Å². The number of amides is 3. The third kappa shape index (κ3) is 4.40. The lowest BCUT2D eigenvalue weighted by molar-refractivity contribution is -0.137. The van der Waals surface area contributed by atoms with Crippen molar-refractivity contribution in [3.05, 3.63) is 0 Å². The number of aliphatic carboxylic acids is 1. The number of nitrogens with two attached hydrogens (primary N) is 1. The highest BCUT2D eigenvalue weighted by molar-refractivity contribution is 5.87. The highest BCUT2D eigenvalue weighted by Crippen LogP contribution is 2.19. The first kappa shape index (κ1) is 16.3. The SMILES string of the molecule is CC(C)CN(CC(=O)O)C(=O)N1CCCCC1C(N)=O. The standard InChI is InChI=1S/C13H23N3O4/c1-9(2)7-15(8-11(17)18)13(20)16-6-4-3-5-10(16)12(14)19/h9-10H,3-8H2,1-2H3,(H2,14,19)(H,17,18). The molecule has 1 saturated heterocycles. The van der Waals surface area contributed by atoms with Gasteiger partial charge < -0.3 is 20.6 Å². The van der Waals surface area contributed by atoms with Gasteiger partial charge in [-0.15, -0.1) is 0 Å². The Hall–Kier alpha value is -1.79. The smallest absolute Gasteiger partial charge is 0.323 e. The average molecular weight is 285 g/mol. The van der Waals surface area contributed by atoms with Crippen molar-refractivity contribution >= 4 is 17.9 Å². The number of urea groups is 1. The van der Waals surface area contributed by atoms with Crippen LogP contribution in [0.1, 0.15) is 33.1 Å². The number of hydrogen-bond acceptors (Lipinski definition) is 3. The number of carboxylic acid groups (broad SMARTS) is 1. The minimum atomic E-state index is -1.06. The maximum absolute atomic E-state index is 12.5. The average Bonchev–Trinajstić information content (AvgIpc) is 2.36. The summed E-state index contributed by atoms with van der Waals surface area (Å²) in [5, 5.41) is 8.92. The summed E-state index contributed by atoms with van der Waals surface area (Å²) in [5.74, 6) is -1.44. The Morgan fingerprint density at radius 2 is 2.00 bits per heavy atom. The van der Waals surface area contributed by atoms with Crippen molar-refractivity contribution in [3.8, 4) is 0 Å². The molecule has 7 heteroatoms. The van der Waals surface area contributed by atoms with E-state index in [0.29, 0.717) is 19.5 Å². The van der Waals surface area contributed by atoms with Gasteiger partial charge in [0.2, 0.25) is 5.91 Å². The van der Waals surface area contributed by atoms with Crippen molar-refractivity contribution < 1.29 is 19.5 Å². The molecule has 0 saturated carbocycles. The largest absolute Gasteiger partial charge is 0.480 e. The second kappa shape index (κ2) is 7.12. The van der Waals surface area contributed by atoms with Crippen LogP contribution in [0, 0.1) is 5.92 Å². The topological polar surface area (TPSA) is 104 Å². The summed E-state index contributed by atoms with van der Waals surface area (Å²) >= 11 is 0.